The van der Waals surface area contributed by atoms with Crippen molar-refractivity contribution >= 4 is 42.2 Å². The van der Waals surface area contributed by atoms with Gasteiger partial charge in [-0.05, 0) is 41.5 Å². The SMILES string of the molecule is C=C(CCOCP(=O)(O)OC(C(=O)OC(C)(C)C)C(=O)OC(C)(C)C)n1cnc2c(N)ncnc21. The van der Waals surface area contributed by atoms with Gasteiger partial charge in [0.25, 0.3) is 6.10 Å². The predicted molar refractivity (Wildman–Crippen MR) is 127 cm³/mol. The van der Waals surface area contributed by atoms with E-state index >= 15 is 0 Å². The van der Waals surface area contributed by atoms with Crippen molar-refractivity contribution in [2.45, 2.75) is 65.3 Å². The monoisotopic (exact) mass is 513 g/mol. The van der Waals surface area contributed by atoms with Crippen molar-refractivity contribution < 1.29 is 37.8 Å². The summed E-state index contributed by atoms with van der Waals surface area (Å²) in [4.78, 5) is 47.3. The van der Waals surface area contributed by atoms with Crippen LogP contribution in [0.4, 0.5) is 5.82 Å². The van der Waals surface area contributed by atoms with Gasteiger partial charge in [-0.1, -0.05) is 6.58 Å². The fourth-order valence-corrected chi connectivity index (χ4v) is 3.58. The van der Waals surface area contributed by atoms with E-state index in [4.69, 9.17) is 24.5 Å². The summed E-state index contributed by atoms with van der Waals surface area (Å²) < 4.78 is 34.7. The minimum atomic E-state index is -4.56. The lowest BCUT2D eigenvalue weighted by atomic mass is 10.2. The second-order valence-electron chi connectivity index (χ2n) is 9.59. The first-order valence-corrected chi connectivity index (χ1v) is 12.4. The van der Waals surface area contributed by atoms with Crippen molar-refractivity contribution in [2.24, 2.45) is 0 Å². The molecule has 3 N–H and O–H groups in total. The Bertz CT molecular complexity index is 1110. The Balaban J connectivity index is 1.99. The summed E-state index contributed by atoms with van der Waals surface area (Å²) in [7, 11) is -4.56. The van der Waals surface area contributed by atoms with E-state index in [1.165, 1.54) is 12.7 Å². The number of carbonyl (C=O) groups is 2. The van der Waals surface area contributed by atoms with Crippen molar-refractivity contribution in [1.29, 1.82) is 0 Å². The van der Waals surface area contributed by atoms with Gasteiger partial charge in [-0.2, -0.15) is 0 Å². The van der Waals surface area contributed by atoms with E-state index in [0.717, 1.165) is 0 Å². The highest BCUT2D eigenvalue weighted by atomic mass is 31.2. The lowest BCUT2D eigenvalue weighted by Gasteiger charge is -2.27. The summed E-state index contributed by atoms with van der Waals surface area (Å²) in [5, 5.41) is 0. The topological polar surface area (TPSA) is 178 Å². The van der Waals surface area contributed by atoms with Crippen LogP contribution in [-0.4, -0.2) is 66.6 Å². The molecule has 0 saturated heterocycles. The smallest absolute Gasteiger partial charge is 0.354 e. The third-order valence-corrected chi connectivity index (χ3v) is 5.05. The fourth-order valence-electron chi connectivity index (χ4n) is 2.66. The van der Waals surface area contributed by atoms with Crippen LogP contribution in [0.3, 0.4) is 0 Å². The van der Waals surface area contributed by atoms with Gasteiger partial charge in [-0.15, -0.1) is 0 Å². The van der Waals surface area contributed by atoms with E-state index in [-0.39, 0.29) is 18.8 Å². The number of fused-ring (bicyclic) bond motifs is 1. The van der Waals surface area contributed by atoms with Crippen LogP contribution in [0.15, 0.2) is 19.2 Å². The van der Waals surface area contributed by atoms with E-state index in [0.29, 0.717) is 16.9 Å². The van der Waals surface area contributed by atoms with Crippen LogP contribution in [0, 0.1) is 0 Å². The maximum absolute atomic E-state index is 12.6. The van der Waals surface area contributed by atoms with Gasteiger partial charge in [0.05, 0.1) is 6.61 Å². The number of ether oxygens (including phenoxy) is 3. The average Bonchev–Trinajstić information content (AvgIpc) is 3.12. The summed E-state index contributed by atoms with van der Waals surface area (Å²) in [5.74, 6) is -2.08. The minimum absolute atomic E-state index is 0.0312. The molecule has 0 amide bonds. The predicted octanol–water partition coefficient (Wildman–Crippen LogP) is 2.50. The first-order chi connectivity index (χ1) is 16.0. The number of nitrogens with two attached hydrogens (primary N) is 1. The first kappa shape index (κ1) is 28.4. The van der Waals surface area contributed by atoms with Gasteiger partial charge in [0.15, 0.2) is 17.0 Å². The second-order valence-corrected chi connectivity index (χ2v) is 11.3. The lowest BCUT2D eigenvalue weighted by Crippen LogP contribution is -2.42. The molecular weight excluding hydrogens is 481 g/mol. The zero-order chi connectivity index (χ0) is 26.6. The number of imidazole rings is 1. The molecule has 2 rings (SSSR count). The number of hydrogen-bond acceptors (Lipinski definition) is 11. The van der Waals surface area contributed by atoms with Gasteiger partial charge in [-0.25, -0.2) is 24.5 Å². The molecule has 0 aliphatic heterocycles. The van der Waals surface area contributed by atoms with Crippen LogP contribution < -0.4 is 5.73 Å². The molecule has 0 fully saturated rings. The summed E-state index contributed by atoms with van der Waals surface area (Å²) in [6.45, 7) is 13.4. The Morgan fingerprint density at radius 3 is 2.23 bits per heavy atom. The molecule has 2 aromatic rings. The normalized spacial score (nSPS) is 14.1. The number of nitrogens with zero attached hydrogens (tertiary/aromatic N) is 4. The Morgan fingerprint density at radius 1 is 1.11 bits per heavy atom. The molecule has 1 unspecified atom stereocenters. The van der Waals surface area contributed by atoms with Crippen molar-refractivity contribution in [3.63, 3.8) is 0 Å². The Labute approximate surface area is 203 Å². The number of nitrogen functional groups attached to an aromatic ring is 1. The highest BCUT2D eigenvalue weighted by Crippen LogP contribution is 2.44. The summed E-state index contributed by atoms with van der Waals surface area (Å²) in [5.41, 5.74) is 5.23. The first-order valence-electron chi connectivity index (χ1n) is 10.6. The Kier molecular flexibility index (Phi) is 8.77. The third kappa shape index (κ3) is 8.70. The zero-order valence-electron chi connectivity index (χ0n) is 20.7. The lowest BCUT2D eigenvalue weighted by molar-refractivity contribution is -0.179. The summed E-state index contributed by atoms with van der Waals surface area (Å²) in [6, 6.07) is 0. The second kappa shape index (κ2) is 10.8. The molecule has 2 aromatic heterocycles. The number of esters is 2. The number of anilines is 1. The quantitative estimate of drug-likeness (QED) is 0.205. The molecular formula is C21H32N5O8P. The van der Waals surface area contributed by atoms with E-state index in [1.807, 2.05) is 0 Å². The van der Waals surface area contributed by atoms with E-state index in [1.54, 1.807) is 46.1 Å². The molecule has 0 saturated carbocycles. The van der Waals surface area contributed by atoms with Gasteiger partial charge in [0.2, 0.25) is 0 Å². The molecule has 0 spiro atoms. The van der Waals surface area contributed by atoms with Gasteiger partial charge in [0.1, 0.15) is 30.2 Å². The largest absolute Gasteiger partial charge is 0.458 e. The number of rotatable bonds is 10. The maximum Gasteiger partial charge on any atom is 0.354 e. The van der Waals surface area contributed by atoms with Crippen LogP contribution in [0.2, 0.25) is 0 Å². The standard InChI is InChI=1S/C21H32N5O8P/c1-13(26-11-25-14-16(22)23-10-24-17(14)26)8-9-31-12-35(29,30)34-15(18(27)32-20(2,3)4)19(28)33-21(5,6)7/h10-11,15H,1,8-9,12H2,2-7H3,(H,29,30)(H2,22,23,24). The molecule has 194 valence electrons. The molecule has 1 atom stereocenters. The van der Waals surface area contributed by atoms with Crippen LogP contribution in [0.5, 0.6) is 0 Å². The van der Waals surface area contributed by atoms with Crippen molar-refractivity contribution in [2.75, 3.05) is 18.7 Å². The zero-order valence-corrected chi connectivity index (χ0v) is 21.6. The average molecular weight is 513 g/mol. The molecule has 13 nitrogen and oxygen atoms in total. The summed E-state index contributed by atoms with van der Waals surface area (Å²) >= 11 is 0. The molecule has 0 bridgehead atoms. The Morgan fingerprint density at radius 2 is 1.69 bits per heavy atom. The molecule has 14 heteroatoms. The van der Waals surface area contributed by atoms with Gasteiger partial charge < -0.3 is 24.8 Å². The molecule has 0 radical (unpaired) electrons. The third-order valence-electron chi connectivity index (χ3n) is 4.00. The van der Waals surface area contributed by atoms with Crippen LogP contribution in [0.25, 0.3) is 16.9 Å². The summed E-state index contributed by atoms with van der Waals surface area (Å²) in [6.07, 6.45) is 0.152. The van der Waals surface area contributed by atoms with E-state index < -0.39 is 43.2 Å². The van der Waals surface area contributed by atoms with E-state index in [9.17, 15) is 19.0 Å². The van der Waals surface area contributed by atoms with Crippen LogP contribution in [0.1, 0.15) is 48.0 Å². The molecule has 2 heterocycles. The van der Waals surface area contributed by atoms with Crippen molar-refractivity contribution in [3.8, 4) is 0 Å². The van der Waals surface area contributed by atoms with Gasteiger partial charge >= 0.3 is 19.5 Å². The number of hydrogen-bond donors (Lipinski definition) is 2. The van der Waals surface area contributed by atoms with Crippen LogP contribution in [-0.2, 0) is 32.9 Å². The highest BCUT2D eigenvalue weighted by Gasteiger charge is 2.41. The fraction of sp³-hybridized carbons (Fsp3) is 0.571. The van der Waals surface area contributed by atoms with Crippen LogP contribution >= 0.6 is 7.60 Å². The maximum atomic E-state index is 12.6. The highest BCUT2D eigenvalue weighted by molar-refractivity contribution is 7.52. The minimum Gasteiger partial charge on any atom is -0.458 e. The molecule has 35 heavy (non-hydrogen) atoms. The van der Waals surface area contributed by atoms with Crippen molar-refractivity contribution in [3.05, 3.63) is 19.2 Å². The van der Waals surface area contributed by atoms with Crippen molar-refractivity contribution in [1.82, 2.24) is 19.5 Å². The van der Waals surface area contributed by atoms with E-state index in [2.05, 4.69) is 21.5 Å². The van der Waals surface area contributed by atoms with Gasteiger partial charge in [0, 0.05) is 12.1 Å². The van der Waals surface area contributed by atoms with Gasteiger partial charge in [-0.3, -0.25) is 13.7 Å². The Hall–Kier alpha value is -2.86. The molecule has 0 aromatic carbocycles. The molecule has 0 aliphatic carbocycles. The number of carbonyl (C=O) groups excluding carboxylic acids is 2. The number of aromatic nitrogens is 4. The molecule has 0 aliphatic rings.